The highest BCUT2D eigenvalue weighted by atomic mass is 16.6. The van der Waals surface area contributed by atoms with Crippen LogP contribution in [0.15, 0.2) is 48.6 Å². The van der Waals surface area contributed by atoms with Crippen LogP contribution >= 0.6 is 0 Å². The zero-order chi connectivity index (χ0) is 51.4. The van der Waals surface area contributed by atoms with E-state index >= 15 is 0 Å². The van der Waals surface area contributed by atoms with Crippen molar-refractivity contribution in [1.29, 1.82) is 0 Å². The van der Waals surface area contributed by atoms with Gasteiger partial charge in [0.15, 0.2) is 6.10 Å². The first-order chi connectivity index (χ1) is 35.0. The number of allylic oxidation sites excluding steroid dienone is 8. The van der Waals surface area contributed by atoms with Gasteiger partial charge in [0.1, 0.15) is 13.2 Å². The fourth-order valence-electron chi connectivity index (χ4n) is 9.09. The Morgan fingerprint density at radius 1 is 0.282 bits per heavy atom. The molecule has 0 spiro atoms. The molecule has 6 heteroatoms. The van der Waals surface area contributed by atoms with Crippen molar-refractivity contribution < 1.29 is 28.6 Å². The molecule has 0 aliphatic heterocycles. The highest BCUT2D eigenvalue weighted by Crippen LogP contribution is 2.17. The van der Waals surface area contributed by atoms with Gasteiger partial charge in [-0.1, -0.05) is 275 Å². The smallest absolute Gasteiger partial charge is 0.306 e. The van der Waals surface area contributed by atoms with Gasteiger partial charge in [-0.2, -0.15) is 0 Å². The third kappa shape index (κ3) is 58.1. The highest BCUT2D eigenvalue weighted by Gasteiger charge is 2.19. The number of hydrogen-bond donors (Lipinski definition) is 0. The largest absolute Gasteiger partial charge is 0.462 e. The van der Waals surface area contributed by atoms with Gasteiger partial charge in [-0.05, 0) is 83.5 Å². The molecule has 0 bridgehead atoms. The summed E-state index contributed by atoms with van der Waals surface area (Å²) in [5.74, 6) is -0.863. The van der Waals surface area contributed by atoms with Crippen molar-refractivity contribution in [2.45, 2.75) is 335 Å². The summed E-state index contributed by atoms with van der Waals surface area (Å²) >= 11 is 0. The lowest BCUT2D eigenvalue weighted by atomic mass is 10.0. The molecule has 0 heterocycles. The van der Waals surface area contributed by atoms with E-state index < -0.39 is 6.10 Å². The number of carbonyl (C=O) groups is 3. The van der Waals surface area contributed by atoms with Crippen molar-refractivity contribution in [2.24, 2.45) is 0 Å². The average molecular weight is 996 g/mol. The van der Waals surface area contributed by atoms with Crippen LogP contribution < -0.4 is 0 Å². The molecule has 0 aliphatic rings. The minimum atomic E-state index is -0.772. The average Bonchev–Trinajstić information content (AvgIpc) is 3.37. The Morgan fingerprint density at radius 3 is 0.803 bits per heavy atom. The van der Waals surface area contributed by atoms with E-state index in [-0.39, 0.29) is 31.1 Å². The third-order valence-electron chi connectivity index (χ3n) is 13.8. The van der Waals surface area contributed by atoms with Crippen molar-refractivity contribution in [3.8, 4) is 0 Å². The molecule has 0 N–H and O–H groups in total. The second-order valence-corrected chi connectivity index (χ2v) is 21.0. The molecule has 1 atom stereocenters. The number of ether oxygens (including phenoxy) is 3. The molecular formula is C65H118O6. The van der Waals surface area contributed by atoms with Crippen LogP contribution in [0.3, 0.4) is 0 Å². The molecule has 0 rings (SSSR count). The summed E-state index contributed by atoms with van der Waals surface area (Å²) in [7, 11) is 0. The molecule has 0 aromatic rings. The maximum Gasteiger partial charge on any atom is 0.306 e. The fourth-order valence-corrected chi connectivity index (χ4v) is 9.09. The van der Waals surface area contributed by atoms with E-state index in [2.05, 4.69) is 69.4 Å². The summed E-state index contributed by atoms with van der Waals surface area (Å²) in [6, 6.07) is 0. The zero-order valence-corrected chi connectivity index (χ0v) is 47.5. The molecule has 0 aromatic carbocycles. The van der Waals surface area contributed by atoms with Gasteiger partial charge in [-0.15, -0.1) is 0 Å². The topological polar surface area (TPSA) is 78.9 Å². The molecule has 71 heavy (non-hydrogen) atoms. The first-order valence-corrected chi connectivity index (χ1v) is 31.1. The summed E-state index contributed by atoms with van der Waals surface area (Å²) in [5, 5.41) is 0. The van der Waals surface area contributed by atoms with E-state index in [0.29, 0.717) is 19.3 Å². The monoisotopic (exact) mass is 995 g/mol. The van der Waals surface area contributed by atoms with Gasteiger partial charge in [0.05, 0.1) is 0 Å². The third-order valence-corrected chi connectivity index (χ3v) is 13.8. The predicted molar refractivity (Wildman–Crippen MR) is 307 cm³/mol. The molecule has 0 radical (unpaired) electrons. The van der Waals surface area contributed by atoms with E-state index in [9.17, 15) is 14.4 Å². The standard InChI is InChI=1S/C65H118O6/c1-4-7-10-13-16-19-21-23-25-27-29-30-31-32-33-34-36-37-39-41-43-46-49-52-55-58-64(67)70-61-62(60-69-63(66)57-54-51-48-45-18-15-12-9-6-3)71-65(68)59-56-53-50-47-44-42-40-38-35-28-26-24-22-20-17-14-11-8-5-2/h17,20-21,23-24,26-27,29,62H,4-16,18-19,22,25,28,30-61H2,1-3H3/b20-17-,23-21-,26-24-,29-27-. The van der Waals surface area contributed by atoms with Crippen LogP contribution in [0.2, 0.25) is 0 Å². The number of hydrogen-bond acceptors (Lipinski definition) is 6. The van der Waals surface area contributed by atoms with Crippen molar-refractivity contribution in [1.82, 2.24) is 0 Å². The van der Waals surface area contributed by atoms with Crippen LogP contribution in [0.25, 0.3) is 0 Å². The van der Waals surface area contributed by atoms with E-state index in [1.54, 1.807) is 0 Å². The van der Waals surface area contributed by atoms with Crippen molar-refractivity contribution >= 4 is 17.9 Å². The minimum Gasteiger partial charge on any atom is -0.462 e. The van der Waals surface area contributed by atoms with E-state index in [1.165, 1.54) is 218 Å². The summed E-state index contributed by atoms with van der Waals surface area (Å²) in [6.07, 6.45) is 74.1. The lowest BCUT2D eigenvalue weighted by molar-refractivity contribution is -0.167. The Hall–Kier alpha value is -2.63. The van der Waals surface area contributed by atoms with Crippen LogP contribution in [-0.4, -0.2) is 37.2 Å². The Labute approximate surface area is 441 Å². The Balaban J connectivity index is 4.19. The normalized spacial score (nSPS) is 12.3. The van der Waals surface area contributed by atoms with Gasteiger partial charge in [0.25, 0.3) is 0 Å². The van der Waals surface area contributed by atoms with Crippen LogP contribution in [-0.2, 0) is 28.6 Å². The SMILES string of the molecule is CCCCC/C=C\C/C=C\CCCCCCCCCCCC(=O)OC(COC(=O)CCCCCCCCCCC)COC(=O)CCCCCCCCCCCCCCC/C=C\C/C=C\CCCCCCC. The quantitative estimate of drug-likeness (QED) is 0.0261. The molecule has 414 valence electrons. The first-order valence-electron chi connectivity index (χ1n) is 31.1. The maximum atomic E-state index is 12.9. The van der Waals surface area contributed by atoms with E-state index in [0.717, 1.165) is 70.6 Å². The van der Waals surface area contributed by atoms with Crippen LogP contribution in [0.5, 0.6) is 0 Å². The minimum absolute atomic E-state index is 0.0717. The lowest BCUT2D eigenvalue weighted by Gasteiger charge is -2.18. The summed E-state index contributed by atoms with van der Waals surface area (Å²) < 4.78 is 16.9. The summed E-state index contributed by atoms with van der Waals surface area (Å²) in [6.45, 7) is 6.62. The molecule has 0 saturated carbocycles. The summed E-state index contributed by atoms with van der Waals surface area (Å²) in [5.41, 5.74) is 0. The van der Waals surface area contributed by atoms with Crippen LogP contribution in [0, 0.1) is 0 Å². The molecular weight excluding hydrogens is 877 g/mol. The predicted octanol–water partition coefficient (Wildman–Crippen LogP) is 21.0. The second-order valence-electron chi connectivity index (χ2n) is 21.0. The van der Waals surface area contributed by atoms with Gasteiger partial charge in [0, 0.05) is 19.3 Å². The maximum absolute atomic E-state index is 12.9. The highest BCUT2D eigenvalue weighted by molar-refractivity contribution is 5.71. The number of rotatable bonds is 57. The summed E-state index contributed by atoms with van der Waals surface area (Å²) in [4.78, 5) is 38.1. The Bertz CT molecular complexity index is 1230. The molecule has 0 aliphatic carbocycles. The van der Waals surface area contributed by atoms with Gasteiger partial charge in [-0.3, -0.25) is 14.4 Å². The van der Waals surface area contributed by atoms with Crippen molar-refractivity contribution in [3.05, 3.63) is 48.6 Å². The van der Waals surface area contributed by atoms with Crippen LogP contribution in [0.1, 0.15) is 329 Å². The molecule has 0 amide bonds. The Morgan fingerprint density at radius 2 is 0.507 bits per heavy atom. The second kappa shape index (κ2) is 59.9. The molecule has 0 aromatic heterocycles. The van der Waals surface area contributed by atoms with Gasteiger partial charge >= 0.3 is 17.9 Å². The lowest BCUT2D eigenvalue weighted by Crippen LogP contribution is -2.30. The number of unbranched alkanes of at least 4 members (excludes halogenated alkanes) is 38. The number of esters is 3. The van der Waals surface area contributed by atoms with Crippen molar-refractivity contribution in [3.63, 3.8) is 0 Å². The van der Waals surface area contributed by atoms with Crippen molar-refractivity contribution in [2.75, 3.05) is 13.2 Å². The molecule has 0 fully saturated rings. The Kier molecular flexibility index (Phi) is 57.7. The molecule has 6 nitrogen and oxygen atoms in total. The molecule has 0 saturated heterocycles. The zero-order valence-electron chi connectivity index (χ0n) is 47.5. The van der Waals surface area contributed by atoms with Crippen LogP contribution in [0.4, 0.5) is 0 Å². The number of carbonyl (C=O) groups excluding carboxylic acids is 3. The molecule has 1 unspecified atom stereocenters. The van der Waals surface area contributed by atoms with Gasteiger partial charge < -0.3 is 14.2 Å². The van der Waals surface area contributed by atoms with E-state index in [4.69, 9.17) is 14.2 Å². The van der Waals surface area contributed by atoms with E-state index in [1.807, 2.05) is 0 Å². The first kappa shape index (κ1) is 68.4. The fraction of sp³-hybridized carbons (Fsp3) is 0.831. The van der Waals surface area contributed by atoms with Gasteiger partial charge in [-0.25, -0.2) is 0 Å². The van der Waals surface area contributed by atoms with Gasteiger partial charge in [0.2, 0.25) is 0 Å².